The molecule has 0 saturated carbocycles. The number of halogens is 2. The van der Waals surface area contributed by atoms with E-state index >= 15 is 0 Å². The Morgan fingerprint density at radius 2 is 1.82 bits per heavy atom. The summed E-state index contributed by atoms with van der Waals surface area (Å²) >= 11 is 0. The lowest BCUT2D eigenvalue weighted by Crippen LogP contribution is -2.50. The molecule has 0 fully saturated rings. The third kappa shape index (κ3) is 12.2. The summed E-state index contributed by atoms with van der Waals surface area (Å²) in [6.07, 6.45) is 2.40. The molecule has 0 aromatic rings. The molecule has 0 rings (SSSR count). The molecule has 0 spiro atoms. The minimum Gasteiger partial charge on any atom is -0.353 e. The normalized spacial score (nSPS) is 10.5. The van der Waals surface area contributed by atoms with Gasteiger partial charge in [-0.1, -0.05) is 13.3 Å². The van der Waals surface area contributed by atoms with E-state index < -0.39 is 5.54 Å². The maximum atomic E-state index is 11.4. The summed E-state index contributed by atoms with van der Waals surface area (Å²) < 4.78 is 0. The zero-order valence-electron chi connectivity index (χ0n) is 11.3. The highest BCUT2D eigenvalue weighted by atomic mass is 35.5. The van der Waals surface area contributed by atoms with Crippen molar-refractivity contribution in [3.8, 4) is 0 Å². The molecule has 0 radical (unpaired) electrons. The summed E-state index contributed by atoms with van der Waals surface area (Å²) in [6.45, 7) is 8.22. The highest BCUT2D eigenvalue weighted by Crippen LogP contribution is 1.95. The van der Waals surface area contributed by atoms with Crippen molar-refractivity contribution < 1.29 is 4.79 Å². The molecule has 0 unspecified atom stereocenters. The van der Waals surface area contributed by atoms with Gasteiger partial charge in [0.1, 0.15) is 0 Å². The first-order chi connectivity index (χ1) is 6.88. The third-order valence-corrected chi connectivity index (χ3v) is 2.26. The van der Waals surface area contributed by atoms with E-state index in [1.165, 1.54) is 12.8 Å². The van der Waals surface area contributed by atoms with Gasteiger partial charge in [0.05, 0.1) is 5.54 Å². The van der Waals surface area contributed by atoms with Crippen LogP contribution in [0.2, 0.25) is 0 Å². The Morgan fingerprint density at radius 1 is 1.29 bits per heavy atom. The number of hydrogen-bond donors (Lipinski definition) is 2. The molecule has 0 aromatic carbocycles. The third-order valence-electron chi connectivity index (χ3n) is 2.26. The number of amides is 1. The first kappa shape index (κ1) is 22.2. The zero-order chi connectivity index (χ0) is 11.9. The van der Waals surface area contributed by atoms with Crippen LogP contribution in [0.5, 0.6) is 0 Å². The topological polar surface area (TPSA) is 58.4 Å². The Morgan fingerprint density at radius 3 is 2.24 bits per heavy atom. The maximum Gasteiger partial charge on any atom is 0.239 e. The Labute approximate surface area is 118 Å². The molecule has 0 aliphatic rings. The van der Waals surface area contributed by atoms with Gasteiger partial charge in [0.25, 0.3) is 0 Å². The fourth-order valence-corrected chi connectivity index (χ4v) is 1.13. The van der Waals surface area contributed by atoms with Gasteiger partial charge in [-0.2, -0.15) is 0 Å². The van der Waals surface area contributed by atoms with Crippen LogP contribution in [0.1, 0.15) is 33.6 Å². The molecule has 6 heteroatoms. The molecule has 0 atom stereocenters. The molecule has 0 aliphatic carbocycles. The molecule has 17 heavy (non-hydrogen) atoms. The molecular formula is C11H27Cl2N3O. The van der Waals surface area contributed by atoms with Crippen LogP contribution < -0.4 is 11.1 Å². The molecule has 0 aliphatic heterocycles. The van der Waals surface area contributed by atoms with Crippen molar-refractivity contribution in [1.29, 1.82) is 0 Å². The second kappa shape index (κ2) is 11.1. The lowest BCUT2D eigenvalue weighted by molar-refractivity contribution is -0.125. The lowest BCUT2D eigenvalue weighted by Gasteiger charge is -2.20. The number of rotatable bonds is 7. The van der Waals surface area contributed by atoms with Gasteiger partial charge in [0.15, 0.2) is 0 Å². The molecule has 1 amide bonds. The quantitative estimate of drug-likeness (QED) is 0.745. The number of hydrogen-bond acceptors (Lipinski definition) is 3. The highest BCUT2D eigenvalue weighted by molar-refractivity contribution is 5.85. The Hall–Kier alpha value is -0.0300. The molecule has 4 nitrogen and oxygen atoms in total. The average molecular weight is 288 g/mol. The Balaban J connectivity index is -0.000000980. The fourth-order valence-electron chi connectivity index (χ4n) is 1.13. The van der Waals surface area contributed by atoms with E-state index in [0.29, 0.717) is 6.54 Å². The summed E-state index contributed by atoms with van der Waals surface area (Å²) in [5.74, 6) is -0.0913. The van der Waals surface area contributed by atoms with Gasteiger partial charge in [-0.3, -0.25) is 4.79 Å². The highest BCUT2D eigenvalue weighted by Gasteiger charge is 2.20. The average Bonchev–Trinajstić information content (AvgIpc) is 2.13. The van der Waals surface area contributed by atoms with Crippen molar-refractivity contribution in [1.82, 2.24) is 10.2 Å². The molecule has 0 bridgehead atoms. The van der Waals surface area contributed by atoms with Gasteiger partial charge in [0, 0.05) is 13.1 Å². The van der Waals surface area contributed by atoms with Crippen LogP contribution in [-0.4, -0.2) is 43.0 Å². The lowest BCUT2D eigenvalue weighted by atomic mass is 10.1. The van der Waals surface area contributed by atoms with E-state index in [1.807, 2.05) is 0 Å². The molecule has 0 saturated heterocycles. The van der Waals surface area contributed by atoms with Crippen LogP contribution in [0.25, 0.3) is 0 Å². The van der Waals surface area contributed by atoms with Crippen LogP contribution in [0.4, 0.5) is 0 Å². The first-order valence-electron chi connectivity index (χ1n) is 5.63. The second-order valence-electron chi connectivity index (χ2n) is 4.63. The number of likely N-dealkylation sites (N-methyl/N-ethyl adjacent to an activating group) is 1. The number of carbonyl (C=O) groups excluding carboxylic acids is 1. The molecule has 0 heterocycles. The summed E-state index contributed by atoms with van der Waals surface area (Å²) in [5, 5.41) is 2.82. The van der Waals surface area contributed by atoms with Gasteiger partial charge in [-0.05, 0) is 33.9 Å². The summed E-state index contributed by atoms with van der Waals surface area (Å²) in [6, 6.07) is 0. The predicted molar refractivity (Wildman–Crippen MR) is 78.2 cm³/mol. The predicted octanol–water partition coefficient (Wildman–Crippen LogP) is 1.42. The van der Waals surface area contributed by atoms with E-state index in [4.69, 9.17) is 5.73 Å². The Bertz CT molecular complexity index is 196. The summed E-state index contributed by atoms with van der Waals surface area (Å²) in [7, 11) is 2.06. The van der Waals surface area contributed by atoms with Crippen molar-refractivity contribution >= 4 is 30.7 Å². The minimum absolute atomic E-state index is 0. The summed E-state index contributed by atoms with van der Waals surface area (Å²) in [5.41, 5.74) is 4.87. The van der Waals surface area contributed by atoms with Gasteiger partial charge in [-0.25, -0.2) is 0 Å². The number of nitrogens with one attached hydrogen (secondary N) is 1. The van der Waals surface area contributed by atoms with Gasteiger partial charge < -0.3 is 16.0 Å². The van der Waals surface area contributed by atoms with Crippen LogP contribution in [0.3, 0.4) is 0 Å². The number of unbranched alkanes of at least 4 members (excludes halogenated alkanes) is 1. The van der Waals surface area contributed by atoms with E-state index in [9.17, 15) is 4.79 Å². The van der Waals surface area contributed by atoms with Crippen molar-refractivity contribution in [2.24, 2.45) is 5.73 Å². The van der Waals surface area contributed by atoms with Gasteiger partial charge >= 0.3 is 0 Å². The zero-order valence-corrected chi connectivity index (χ0v) is 12.9. The van der Waals surface area contributed by atoms with Crippen LogP contribution >= 0.6 is 24.8 Å². The number of carbonyl (C=O) groups is 1. The van der Waals surface area contributed by atoms with Crippen molar-refractivity contribution in [2.75, 3.05) is 26.7 Å². The monoisotopic (exact) mass is 287 g/mol. The molecule has 3 N–H and O–H groups in total. The van der Waals surface area contributed by atoms with Crippen LogP contribution in [0.15, 0.2) is 0 Å². The van der Waals surface area contributed by atoms with Gasteiger partial charge in [-0.15, -0.1) is 24.8 Å². The Kier molecular flexibility index (Phi) is 14.5. The van der Waals surface area contributed by atoms with Crippen molar-refractivity contribution in [3.05, 3.63) is 0 Å². The van der Waals surface area contributed by atoms with E-state index in [0.717, 1.165) is 13.1 Å². The van der Waals surface area contributed by atoms with Gasteiger partial charge in [0.2, 0.25) is 5.91 Å². The van der Waals surface area contributed by atoms with E-state index in [1.54, 1.807) is 13.8 Å². The maximum absolute atomic E-state index is 11.4. The number of nitrogens with zero attached hydrogens (tertiary/aromatic N) is 1. The second-order valence-corrected chi connectivity index (χ2v) is 4.63. The standard InChI is InChI=1S/C11H25N3O.2ClH/c1-5-6-8-14(4)9-7-13-10(15)11(2,3)12;;/h5-9,12H2,1-4H3,(H,13,15);2*1H. The van der Waals surface area contributed by atoms with E-state index in [2.05, 4.69) is 24.2 Å². The van der Waals surface area contributed by atoms with Crippen LogP contribution in [-0.2, 0) is 4.79 Å². The van der Waals surface area contributed by atoms with Crippen molar-refractivity contribution in [3.63, 3.8) is 0 Å². The summed E-state index contributed by atoms with van der Waals surface area (Å²) in [4.78, 5) is 13.6. The van der Waals surface area contributed by atoms with Crippen molar-refractivity contribution in [2.45, 2.75) is 39.2 Å². The first-order valence-corrected chi connectivity index (χ1v) is 5.63. The van der Waals surface area contributed by atoms with Crippen LogP contribution in [0, 0.1) is 0 Å². The number of nitrogens with two attached hydrogens (primary N) is 1. The fraction of sp³-hybridized carbons (Fsp3) is 0.909. The molecular weight excluding hydrogens is 261 g/mol. The minimum atomic E-state index is -0.776. The molecule has 0 aromatic heterocycles. The smallest absolute Gasteiger partial charge is 0.239 e. The van der Waals surface area contributed by atoms with E-state index in [-0.39, 0.29) is 30.7 Å². The largest absolute Gasteiger partial charge is 0.353 e. The SMILES string of the molecule is CCCCN(C)CCNC(=O)C(C)(C)N.Cl.Cl. The molecule has 106 valence electrons.